The molecule has 88 valence electrons. The summed E-state index contributed by atoms with van der Waals surface area (Å²) in [6, 6.07) is 0. The normalized spacial score (nSPS) is 11.1. The van der Waals surface area contributed by atoms with Crippen molar-refractivity contribution in [2.75, 3.05) is 13.7 Å². The van der Waals surface area contributed by atoms with Crippen LogP contribution >= 0.6 is 15.9 Å². The molecule has 0 spiro atoms. The van der Waals surface area contributed by atoms with Gasteiger partial charge in [0.1, 0.15) is 5.75 Å². The Morgan fingerprint density at radius 1 is 1.19 bits per heavy atom. The zero-order valence-electron chi connectivity index (χ0n) is 10.2. The standard InChI is InChI=1S/C13H18BrNO/c1-8-9(2)13(16-4)11(6-5-7-15)10(3)12(8)14/h5-6H,7,15H2,1-4H3/b6-5+. The van der Waals surface area contributed by atoms with Crippen molar-refractivity contribution in [1.82, 2.24) is 0 Å². The minimum absolute atomic E-state index is 0.535. The van der Waals surface area contributed by atoms with Crippen molar-refractivity contribution in [3.05, 3.63) is 32.8 Å². The summed E-state index contributed by atoms with van der Waals surface area (Å²) in [4.78, 5) is 0. The molecule has 0 saturated heterocycles. The Labute approximate surface area is 106 Å². The van der Waals surface area contributed by atoms with Crippen LogP contribution in [-0.4, -0.2) is 13.7 Å². The molecule has 0 aliphatic carbocycles. The number of rotatable bonds is 3. The van der Waals surface area contributed by atoms with Gasteiger partial charge >= 0.3 is 0 Å². The molecule has 0 aromatic heterocycles. The summed E-state index contributed by atoms with van der Waals surface area (Å²) in [6.45, 7) is 6.77. The predicted molar refractivity (Wildman–Crippen MR) is 73.0 cm³/mol. The predicted octanol–water partition coefficient (Wildman–Crippen LogP) is 3.35. The van der Waals surface area contributed by atoms with E-state index < -0.39 is 0 Å². The maximum atomic E-state index is 5.48. The highest BCUT2D eigenvalue weighted by atomic mass is 79.9. The quantitative estimate of drug-likeness (QED) is 0.923. The second kappa shape index (κ2) is 5.51. The molecule has 0 heterocycles. The zero-order valence-corrected chi connectivity index (χ0v) is 11.8. The molecule has 0 aliphatic heterocycles. The molecule has 1 rings (SSSR count). The lowest BCUT2D eigenvalue weighted by Crippen LogP contribution is -1.99. The van der Waals surface area contributed by atoms with Crippen LogP contribution in [0, 0.1) is 20.8 Å². The average molecular weight is 284 g/mol. The maximum absolute atomic E-state index is 5.48. The van der Waals surface area contributed by atoms with Gasteiger partial charge in [-0.05, 0) is 37.5 Å². The Morgan fingerprint density at radius 3 is 2.31 bits per heavy atom. The highest BCUT2D eigenvalue weighted by molar-refractivity contribution is 9.10. The molecule has 0 amide bonds. The smallest absolute Gasteiger partial charge is 0.129 e. The van der Waals surface area contributed by atoms with Gasteiger partial charge in [-0.25, -0.2) is 0 Å². The molecular formula is C13H18BrNO. The van der Waals surface area contributed by atoms with Crippen LogP contribution in [0.25, 0.3) is 6.08 Å². The summed E-state index contributed by atoms with van der Waals surface area (Å²) in [7, 11) is 1.70. The number of hydrogen-bond acceptors (Lipinski definition) is 2. The molecule has 0 aliphatic rings. The van der Waals surface area contributed by atoms with E-state index in [9.17, 15) is 0 Å². The second-order valence-corrected chi connectivity index (χ2v) is 4.57. The Hall–Kier alpha value is -0.800. The minimum atomic E-state index is 0.535. The summed E-state index contributed by atoms with van der Waals surface area (Å²) in [6.07, 6.45) is 3.96. The zero-order chi connectivity index (χ0) is 12.3. The maximum Gasteiger partial charge on any atom is 0.129 e. The summed E-state index contributed by atoms with van der Waals surface area (Å²) >= 11 is 3.62. The lowest BCUT2D eigenvalue weighted by Gasteiger charge is -2.16. The van der Waals surface area contributed by atoms with Crippen LogP contribution in [0.2, 0.25) is 0 Å². The number of methoxy groups -OCH3 is 1. The van der Waals surface area contributed by atoms with Crippen molar-refractivity contribution in [2.45, 2.75) is 20.8 Å². The van der Waals surface area contributed by atoms with E-state index in [0.29, 0.717) is 6.54 Å². The summed E-state index contributed by atoms with van der Waals surface area (Å²) in [5.41, 5.74) is 10.2. The Morgan fingerprint density at radius 2 is 1.81 bits per heavy atom. The first-order chi connectivity index (χ1) is 7.54. The summed E-state index contributed by atoms with van der Waals surface area (Å²) < 4.78 is 6.62. The summed E-state index contributed by atoms with van der Waals surface area (Å²) in [5, 5.41) is 0. The van der Waals surface area contributed by atoms with Crippen molar-refractivity contribution >= 4 is 22.0 Å². The SMILES string of the molecule is COc1c(C)c(C)c(Br)c(C)c1/C=C/CN. The van der Waals surface area contributed by atoms with E-state index >= 15 is 0 Å². The van der Waals surface area contributed by atoms with Gasteiger partial charge in [-0.15, -0.1) is 0 Å². The molecule has 0 fully saturated rings. The molecule has 16 heavy (non-hydrogen) atoms. The van der Waals surface area contributed by atoms with Gasteiger partial charge in [-0.1, -0.05) is 28.1 Å². The Kier molecular flexibility index (Phi) is 4.56. The van der Waals surface area contributed by atoms with Gasteiger partial charge in [0.25, 0.3) is 0 Å². The Balaban J connectivity index is 3.51. The number of halogens is 1. The lowest BCUT2D eigenvalue weighted by atomic mass is 9.98. The van der Waals surface area contributed by atoms with Gasteiger partial charge in [0.15, 0.2) is 0 Å². The van der Waals surface area contributed by atoms with E-state index in [-0.39, 0.29) is 0 Å². The van der Waals surface area contributed by atoms with Gasteiger partial charge in [-0.2, -0.15) is 0 Å². The van der Waals surface area contributed by atoms with E-state index in [0.717, 1.165) is 21.3 Å². The number of benzene rings is 1. The molecule has 0 bridgehead atoms. The van der Waals surface area contributed by atoms with E-state index in [4.69, 9.17) is 10.5 Å². The third kappa shape index (κ3) is 2.30. The summed E-state index contributed by atoms with van der Waals surface area (Å²) in [5.74, 6) is 0.933. The van der Waals surface area contributed by atoms with E-state index in [1.54, 1.807) is 7.11 Å². The van der Waals surface area contributed by atoms with Crippen LogP contribution in [-0.2, 0) is 0 Å². The largest absolute Gasteiger partial charge is 0.496 e. The molecule has 1 aromatic carbocycles. The van der Waals surface area contributed by atoms with E-state index in [1.165, 1.54) is 11.1 Å². The fourth-order valence-electron chi connectivity index (χ4n) is 1.76. The van der Waals surface area contributed by atoms with Crippen molar-refractivity contribution in [2.24, 2.45) is 5.73 Å². The monoisotopic (exact) mass is 283 g/mol. The van der Waals surface area contributed by atoms with Gasteiger partial charge in [0.2, 0.25) is 0 Å². The first-order valence-electron chi connectivity index (χ1n) is 5.24. The fraction of sp³-hybridized carbons (Fsp3) is 0.385. The van der Waals surface area contributed by atoms with Gasteiger partial charge < -0.3 is 10.5 Å². The average Bonchev–Trinajstić information content (AvgIpc) is 2.29. The topological polar surface area (TPSA) is 35.2 Å². The first kappa shape index (κ1) is 13.3. The third-order valence-electron chi connectivity index (χ3n) is 2.83. The van der Waals surface area contributed by atoms with E-state index in [2.05, 4.69) is 36.7 Å². The van der Waals surface area contributed by atoms with Crippen LogP contribution in [0.1, 0.15) is 22.3 Å². The van der Waals surface area contributed by atoms with Gasteiger partial charge in [0.05, 0.1) is 7.11 Å². The fourth-order valence-corrected chi connectivity index (χ4v) is 2.27. The molecule has 2 nitrogen and oxygen atoms in total. The van der Waals surface area contributed by atoms with Crippen LogP contribution in [0.3, 0.4) is 0 Å². The molecule has 2 N–H and O–H groups in total. The number of nitrogens with two attached hydrogens (primary N) is 1. The van der Waals surface area contributed by atoms with E-state index in [1.807, 2.05) is 12.2 Å². The molecular weight excluding hydrogens is 266 g/mol. The molecule has 0 unspecified atom stereocenters. The van der Waals surface area contributed by atoms with Crippen LogP contribution in [0.5, 0.6) is 5.75 Å². The number of hydrogen-bond donors (Lipinski definition) is 1. The Bertz CT molecular complexity index is 425. The highest BCUT2D eigenvalue weighted by Gasteiger charge is 2.14. The minimum Gasteiger partial charge on any atom is -0.496 e. The molecule has 3 heteroatoms. The molecule has 0 radical (unpaired) electrons. The molecule has 1 aromatic rings. The van der Waals surface area contributed by atoms with Gasteiger partial charge in [-0.3, -0.25) is 0 Å². The lowest BCUT2D eigenvalue weighted by molar-refractivity contribution is 0.410. The van der Waals surface area contributed by atoms with Crippen LogP contribution in [0.4, 0.5) is 0 Å². The molecule has 0 saturated carbocycles. The number of ether oxygens (including phenoxy) is 1. The van der Waals surface area contributed by atoms with Gasteiger partial charge in [0, 0.05) is 16.6 Å². The second-order valence-electron chi connectivity index (χ2n) is 3.77. The van der Waals surface area contributed by atoms with Crippen molar-refractivity contribution < 1.29 is 4.74 Å². The first-order valence-corrected chi connectivity index (χ1v) is 6.03. The van der Waals surface area contributed by atoms with Crippen molar-refractivity contribution in [1.29, 1.82) is 0 Å². The molecule has 0 atom stereocenters. The highest BCUT2D eigenvalue weighted by Crippen LogP contribution is 2.36. The van der Waals surface area contributed by atoms with Crippen LogP contribution < -0.4 is 10.5 Å². The third-order valence-corrected chi connectivity index (χ3v) is 4.02. The van der Waals surface area contributed by atoms with Crippen LogP contribution in [0.15, 0.2) is 10.5 Å². The van der Waals surface area contributed by atoms with Crippen molar-refractivity contribution in [3.8, 4) is 5.75 Å². The van der Waals surface area contributed by atoms with Crippen molar-refractivity contribution in [3.63, 3.8) is 0 Å².